The number of rotatable bonds is 7. The van der Waals surface area contributed by atoms with Crippen LogP contribution in [0.3, 0.4) is 0 Å². The van der Waals surface area contributed by atoms with E-state index in [9.17, 15) is 14.9 Å². The highest BCUT2D eigenvalue weighted by atomic mass is 35.5. The number of carboxylic acids is 1. The number of nitrogens with zero attached hydrogens (tertiary/aromatic N) is 2. The van der Waals surface area contributed by atoms with Gasteiger partial charge in [0.25, 0.3) is 5.69 Å². The van der Waals surface area contributed by atoms with Crippen molar-refractivity contribution in [1.29, 1.82) is 0 Å². The molecule has 0 aromatic heterocycles. The second-order valence-corrected chi connectivity index (χ2v) is 6.42. The van der Waals surface area contributed by atoms with E-state index >= 15 is 0 Å². The number of carboxylic acid groups (broad SMARTS) is 1. The summed E-state index contributed by atoms with van der Waals surface area (Å²) < 4.78 is 5.69. The Bertz CT molecular complexity index is 1060. The largest absolute Gasteiger partial charge is 0.487 e. The van der Waals surface area contributed by atoms with Crippen LogP contribution in [0.4, 0.5) is 11.4 Å². The third kappa shape index (κ3) is 5.40. The van der Waals surface area contributed by atoms with Gasteiger partial charge in [-0.25, -0.2) is 4.79 Å². The Morgan fingerprint density at radius 3 is 2.38 bits per heavy atom. The molecule has 0 heterocycles. The summed E-state index contributed by atoms with van der Waals surface area (Å²) in [5.41, 5.74) is 2.35. The zero-order valence-electron chi connectivity index (χ0n) is 15.0. The first-order valence-corrected chi connectivity index (χ1v) is 8.83. The van der Waals surface area contributed by atoms with Gasteiger partial charge in [-0.05, 0) is 53.6 Å². The number of benzene rings is 3. The Labute approximate surface area is 171 Å². The Morgan fingerprint density at radius 1 is 1.10 bits per heavy atom. The quantitative estimate of drug-likeness (QED) is 0.324. The van der Waals surface area contributed by atoms with Crippen LogP contribution in [0.15, 0.2) is 71.7 Å². The zero-order chi connectivity index (χ0) is 20.8. The molecule has 0 radical (unpaired) electrons. The molecule has 7 nitrogen and oxygen atoms in total. The molecule has 29 heavy (non-hydrogen) atoms. The summed E-state index contributed by atoms with van der Waals surface area (Å²) >= 11 is 6.26. The van der Waals surface area contributed by atoms with Gasteiger partial charge >= 0.3 is 5.97 Å². The van der Waals surface area contributed by atoms with Gasteiger partial charge in [0.15, 0.2) is 0 Å². The summed E-state index contributed by atoms with van der Waals surface area (Å²) in [5, 5.41) is 20.0. The average Bonchev–Trinajstić information content (AvgIpc) is 2.72. The molecule has 1 N–H and O–H groups in total. The summed E-state index contributed by atoms with van der Waals surface area (Å²) in [6.45, 7) is 0.246. The highest BCUT2D eigenvalue weighted by Gasteiger charge is 2.06. The Kier molecular flexibility index (Phi) is 6.21. The molecule has 0 saturated heterocycles. The second kappa shape index (κ2) is 8.99. The number of aromatic carboxylic acids is 1. The van der Waals surface area contributed by atoms with E-state index in [1.54, 1.807) is 48.7 Å². The molecule has 0 unspecified atom stereocenters. The van der Waals surface area contributed by atoms with E-state index < -0.39 is 10.9 Å². The molecule has 0 fully saturated rings. The number of nitro benzene ring substituents is 1. The van der Waals surface area contributed by atoms with E-state index in [1.165, 1.54) is 24.3 Å². The van der Waals surface area contributed by atoms with Gasteiger partial charge < -0.3 is 9.84 Å². The molecule has 146 valence electrons. The molecule has 8 heteroatoms. The summed E-state index contributed by atoms with van der Waals surface area (Å²) in [5.74, 6) is -0.493. The van der Waals surface area contributed by atoms with Gasteiger partial charge in [-0.3, -0.25) is 15.1 Å². The maximum atomic E-state index is 10.9. The van der Waals surface area contributed by atoms with Gasteiger partial charge in [-0.2, -0.15) is 0 Å². The van der Waals surface area contributed by atoms with E-state index in [0.717, 1.165) is 11.1 Å². The van der Waals surface area contributed by atoms with E-state index in [0.29, 0.717) is 16.5 Å². The highest BCUT2D eigenvalue weighted by molar-refractivity contribution is 6.32. The maximum Gasteiger partial charge on any atom is 0.335 e. The summed E-state index contributed by atoms with van der Waals surface area (Å²) in [7, 11) is 0. The number of non-ortho nitro benzene ring substituents is 1. The number of aliphatic imine (C=N–C) groups is 1. The molecule has 0 saturated carbocycles. The fourth-order valence-electron chi connectivity index (χ4n) is 2.43. The van der Waals surface area contributed by atoms with Crippen LogP contribution in [0.2, 0.25) is 5.02 Å². The molecule has 0 aliphatic heterocycles. The van der Waals surface area contributed by atoms with Crippen LogP contribution in [-0.4, -0.2) is 22.2 Å². The second-order valence-electron chi connectivity index (χ2n) is 6.01. The standard InChI is InChI=1S/C21H15ClN2O5/c22-19-11-15(12-23-17-6-8-18(9-7-17)24(27)28)3-10-20(19)29-13-14-1-4-16(5-2-14)21(25)26/h1-12H,13H2,(H,25,26). The lowest BCUT2D eigenvalue weighted by Gasteiger charge is -2.09. The van der Waals surface area contributed by atoms with Gasteiger partial charge in [0.05, 0.1) is 21.2 Å². The van der Waals surface area contributed by atoms with Crippen molar-refractivity contribution in [2.75, 3.05) is 0 Å². The first-order chi connectivity index (χ1) is 13.9. The first-order valence-electron chi connectivity index (χ1n) is 8.45. The molecule has 0 atom stereocenters. The van der Waals surface area contributed by atoms with Crippen LogP contribution in [0, 0.1) is 10.1 Å². The number of carbonyl (C=O) groups is 1. The van der Waals surface area contributed by atoms with Gasteiger partial charge in [0, 0.05) is 18.3 Å². The Morgan fingerprint density at radius 2 is 1.79 bits per heavy atom. The molecule has 0 aliphatic carbocycles. The average molecular weight is 411 g/mol. The van der Waals surface area contributed by atoms with Crippen LogP contribution < -0.4 is 4.74 Å². The molecule has 3 aromatic rings. The van der Waals surface area contributed by atoms with E-state index in [2.05, 4.69) is 4.99 Å². The van der Waals surface area contributed by atoms with Crippen LogP contribution >= 0.6 is 11.6 Å². The predicted octanol–water partition coefficient (Wildman–Crippen LogP) is 5.28. The molecule has 0 spiro atoms. The SMILES string of the molecule is O=C(O)c1ccc(COc2ccc(C=Nc3ccc([N+](=O)[O-])cc3)cc2Cl)cc1. The molecule has 3 aromatic carbocycles. The maximum absolute atomic E-state index is 10.9. The van der Waals surface area contributed by atoms with Crippen molar-refractivity contribution in [3.63, 3.8) is 0 Å². The third-order valence-corrected chi connectivity index (χ3v) is 4.27. The van der Waals surface area contributed by atoms with E-state index in [1.807, 2.05) is 0 Å². The first kappa shape index (κ1) is 20.0. The minimum atomic E-state index is -0.980. The van der Waals surface area contributed by atoms with Crippen molar-refractivity contribution in [1.82, 2.24) is 0 Å². The van der Waals surface area contributed by atoms with Crippen LogP contribution in [-0.2, 0) is 6.61 Å². The number of halogens is 1. The van der Waals surface area contributed by atoms with Crippen molar-refractivity contribution >= 4 is 35.2 Å². The van der Waals surface area contributed by atoms with Gasteiger partial charge in [-0.1, -0.05) is 23.7 Å². The fraction of sp³-hybridized carbons (Fsp3) is 0.0476. The molecule has 0 amide bonds. The van der Waals surface area contributed by atoms with Crippen molar-refractivity contribution < 1.29 is 19.6 Å². The zero-order valence-corrected chi connectivity index (χ0v) is 15.7. The smallest absolute Gasteiger partial charge is 0.335 e. The summed E-state index contributed by atoms with van der Waals surface area (Å²) in [4.78, 5) is 25.3. The van der Waals surface area contributed by atoms with Crippen LogP contribution in [0.5, 0.6) is 5.75 Å². The third-order valence-electron chi connectivity index (χ3n) is 3.97. The van der Waals surface area contributed by atoms with E-state index in [4.69, 9.17) is 21.4 Å². The lowest BCUT2D eigenvalue weighted by atomic mass is 10.1. The Hall–Kier alpha value is -3.71. The molecule has 0 aliphatic rings. The van der Waals surface area contributed by atoms with Crippen molar-refractivity contribution in [2.45, 2.75) is 6.61 Å². The van der Waals surface area contributed by atoms with Gasteiger partial charge in [0.2, 0.25) is 0 Å². The Balaban J connectivity index is 1.63. The molecular weight excluding hydrogens is 396 g/mol. The van der Waals surface area contributed by atoms with Gasteiger partial charge in [-0.15, -0.1) is 0 Å². The van der Waals surface area contributed by atoms with Crippen molar-refractivity contribution in [3.05, 3.63) is 98.6 Å². The molecule has 0 bridgehead atoms. The van der Waals surface area contributed by atoms with Gasteiger partial charge in [0.1, 0.15) is 12.4 Å². The summed E-state index contributed by atoms with van der Waals surface area (Å²) in [6, 6.07) is 17.5. The number of ether oxygens (including phenoxy) is 1. The topological polar surface area (TPSA) is 102 Å². The van der Waals surface area contributed by atoms with Crippen molar-refractivity contribution in [3.8, 4) is 5.75 Å². The monoisotopic (exact) mass is 410 g/mol. The van der Waals surface area contributed by atoms with Crippen molar-refractivity contribution in [2.24, 2.45) is 4.99 Å². The molecule has 3 rings (SSSR count). The normalized spacial score (nSPS) is 10.8. The van der Waals surface area contributed by atoms with E-state index in [-0.39, 0.29) is 17.9 Å². The molecular formula is C21H15ClN2O5. The number of hydrogen-bond acceptors (Lipinski definition) is 5. The minimum Gasteiger partial charge on any atom is -0.487 e. The number of hydrogen-bond donors (Lipinski definition) is 1. The fourth-order valence-corrected chi connectivity index (χ4v) is 2.67. The van der Waals surface area contributed by atoms with Crippen LogP contribution in [0.25, 0.3) is 0 Å². The summed E-state index contributed by atoms with van der Waals surface area (Å²) in [6.07, 6.45) is 1.60. The lowest BCUT2D eigenvalue weighted by Crippen LogP contribution is -1.99. The van der Waals surface area contributed by atoms with Crippen LogP contribution in [0.1, 0.15) is 21.5 Å². The minimum absolute atomic E-state index is 0.00564. The number of nitro groups is 1. The predicted molar refractivity (Wildman–Crippen MR) is 110 cm³/mol. The highest BCUT2D eigenvalue weighted by Crippen LogP contribution is 2.26. The lowest BCUT2D eigenvalue weighted by molar-refractivity contribution is -0.384.